The highest BCUT2D eigenvalue weighted by molar-refractivity contribution is 6.30. The summed E-state index contributed by atoms with van der Waals surface area (Å²) < 4.78 is 10.4. The summed E-state index contributed by atoms with van der Waals surface area (Å²) in [6.07, 6.45) is 0. The molecule has 0 aliphatic heterocycles. The standard InChI is InChI=1S/C14H21ClN2O3/c1-14(20-3,11-5-4-6-12(15)9-11)10-17-13(18)16-7-8-19-2/h4-6,9H,7-8,10H2,1-3H3,(H2,16,17,18). The lowest BCUT2D eigenvalue weighted by atomic mass is 9.96. The molecule has 0 fully saturated rings. The molecule has 1 aromatic rings. The Kier molecular flexibility index (Phi) is 6.78. The fraction of sp³-hybridized carbons (Fsp3) is 0.500. The van der Waals surface area contributed by atoms with E-state index in [4.69, 9.17) is 21.1 Å². The first kappa shape index (κ1) is 16.8. The summed E-state index contributed by atoms with van der Waals surface area (Å²) in [7, 11) is 3.19. The van der Waals surface area contributed by atoms with Gasteiger partial charge in [0.2, 0.25) is 0 Å². The largest absolute Gasteiger partial charge is 0.383 e. The van der Waals surface area contributed by atoms with Gasteiger partial charge in [-0.15, -0.1) is 0 Å². The summed E-state index contributed by atoms with van der Waals surface area (Å²) in [5.74, 6) is 0. The molecule has 112 valence electrons. The molecule has 5 nitrogen and oxygen atoms in total. The number of amides is 2. The number of hydrogen-bond donors (Lipinski definition) is 2. The van der Waals surface area contributed by atoms with Crippen LogP contribution in [0, 0.1) is 0 Å². The Labute approximate surface area is 124 Å². The van der Waals surface area contributed by atoms with E-state index in [2.05, 4.69) is 10.6 Å². The molecular weight excluding hydrogens is 280 g/mol. The van der Waals surface area contributed by atoms with E-state index in [-0.39, 0.29) is 6.03 Å². The zero-order valence-electron chi connectivity index (χ0n) is 12.0. The minimum atomic E-state index is -0.635. The molecule has 20 heavy (non-hydrogen) atoms. The van der Waals surface area contributed by atoms with Crippen molar-refractivity contribution in [2.45, 2.75) is 12.5 Å². The molecule has 0 aromatic heterocycles. The quantitative estimate of drug-likeness (QED) is 0.759. The molecule has 0 heterocycles. The second-order valence-electron chi connectivity index (χ2n) is 4.55. The zero-order chi connectivity index (χ0) is 15.0. The maximum absolute atomic E-state index is 11.6. The van der Waals surface area contributed by atoms with Gasteiger partial charge >= 0.3 is 6.03 Å². The van der Waals surface area contributed by atoms with E-state index < -0.39 is 5.60 Å². The number of nitrogens with one attached hydrogen (secondary N) is 2. The molecule has 1 atom stereocenters. The molecule has 0 aliphatic carbocycles. The summed E-state index contributed by atoms with van der Waals surface area (Å²) in [5, 5.41) is 6.10. The van der Waals surface area contributed by atoms with Crippen LogP contribution in [0.25, 0.3) is 0 Å². The third kappa shape index (κ3) is 5.00. The van der Waals surface area contributed by atoms with Crippen molar-refractivity contribution < 1.29 is 14.3 Å². The second-order valence-corrected chi connectivity index (χ2v) is 4.98. The average molecular weight is 301 g/mol. The molecule has 2 amide bonds. The summed E-state index contributed by atoms with van der Waals surface area (Å²) in [6, 6.07) is 7.14. The van der Waals surface area contributed by atoms with Crippen molar-refractivity contribution in [2.75, 3.05) is 33.9 Å². The van der Waals surface area contributed by atoms with Crippen molar-refractivity contribution in [1.82, 2.24) is 10.6 Å². The molecule has 0 aliphatic rings. The van der Waals surface area contributed by atoms with Crippen LogP contribution in [0.15, 0.2) is 24.3 Å². The van der Waals surface area contributed by atoms with Crippen LogP contribution in [-0.2, 0) is 15.1 Å². The van der Waals surface area contributed by atoms with Gasteiger partial charge in [0.15, 0.2) is 0 Å². The maximum atomic E-state index is 11.6. The number of carbonyl (C=O) groups excluding carboxylic acids is 1. The lowest BCUT2D eigenvalue weighted by Gasteiger charge is -2.29. The van der Waals surface area contributed by atoms with E-state index in [9.17, 15) is 4.79 Å². The topological polar surface area (TPSA) is 59.6 Å². The number of methoxy groups -OCH3 is 2. The Morgan fingerprint density at radius 1 is 1.35 bits per heavy atom. The molecule has 0 spiro atoms. The Balaban J connectivity index is 2.59. The molecule has 6 heteroatoms. The van der Waals surface area contributed by atoms with Crippen molar-refractivity contribution in [3.63, 3.8) is 0 Å². The molecule has 1 unspecified atom stereocenters. The van der Waals surface area contributed by atoms with E-state index in [0.29, 0.717) is 24.7 Å². The lowest BCUT2D eigenvalue weighted by Crippen LogP contribution is -2.45. The van der Waals surface area contributed by atoms with Crippen LogP contribution >= 0.6 is 11.6 Å². The maximum Gasteiger partial charge on any atom is 0.314 e. The predicted octanol–water partition coefficient (Wildman–Crippen LogP) is 2.15. The van der Waals surface area contributed by atoms with Gasteiger partial charge in [0.25, 0.3) is 0 Å². The van der Waals surface area contributed by atoms with Crippen LogP contribution in [0.5, 0.6) is 0 Å². The Bertz CT molecular complexity index is 442. The van der Waals surface area contributed by atoms with Crippen LogP contribution < -0.4 is 10.6 Å². The Morgan fingerprint density at radius 2 is 2.10 bits per heavy atom. The molecule has 1 aromatic carbocycles. The van der Waals surface area contributed by atoms with Gasteiger partial charge in [0.1, 0.15) is 5.60 Å². The Hall–Kier alpha value is -1.30. The van der Waals surface area contributed by atoms with Crippen molar-refractivity contribution in [3.8, 4) is 0 Å². The first-order chi connectivity index (χ1) is 9.51. The fourth-order valence-electron chi connectivity index (χ4n) is 1.69. The number of halogens is 1. The normalized spacial score (nSPS) is 13.6. The van der Waals surface area contributed by atoms with E-state index >= 15 is 0 Å². The summed E-state index contributed by atoms with van der Waals surface area (Å²) in [6.45, 7) is 3.17. The third-order valence-corrected chi connectivity index (χ3v) is 3.30. The summed E-state index contributed by atoms with van der Waals surface area (Å²) >= 11 is 5.99. The van der Waals surface area contributed by atoms with Crippen LogP contribution in [0.4, 0.5) is 4.79 Å². The minimum absolute atomic E-state index is 0.257. The van der Waals surface area contributed by atoms with Crippen molar-refractivity contribution in [1.29, 1.82) is 0 Å². The summed E-state index contributed by atoms with van der Waals surface area (Å²) in [5.41, 5.74) is 0.272. The molecule has 0 bridgehead atoms. The van der Waals surface area contributed by atoms with Gasteiger partial charge in [-0.25, -0.2) is 4.79 Å². The van der Waals surface area contributed by atoms with E-state index in [1.807, 2.05) is 25.1 Å². The van der Waals surface area contributed by atoms with Crippen LogP contribution in [0.2, 0.25) is 5.02 Å². The number of rotatable bonds is 7. The van der Waals surface area contributed by atoms with Gasteiger partial charge in [0, 0.05) is 25.8 Å². The van der Waals surface area contributed by atoms with Gasteiger partial charge in [-0.05, 0) is 24.6 Å². The number of urea groups is 1. The first-order valence-corrected chi connectivity index (χ1v) is 6.71. The van der Waals surface area contributed by atoms with Crippen molar-refractivity contribution in [3.05, 3.63) is 34.9 Å². The van der Waals surface area contributed by atoms with Gasteiger partial charge in [0.05, 0.1) is 13.2 Å². The highest BCUT2D eigenvalue weighted by Gasteiger charge is 2.27. The lowest BCUT2D eigenvalue weighted by molar-refractivity contribution is 0.00486. The Morgan fingerprint density at radius 3 is 2.70 bits per heavy atom. The zero-order valence-corrected chi connectivity index (χ0v) is 12.8. The van der Waals surface area contributed by atoms with Gasteiger partial charge in [-0.3, -0.25) is 0 Å². The molecule has 0 radical (unpaired) electrons. The fourth-order valence-corrected chi connectivity index (χ4v) is 1.88. The van der Waals surface area contributed by atoms with Crippen LogP contribution in [0.1, 0.15) is 12.5 Å². The van der Waals surface area contributed by atoms with E-state index in [0.717, 1.165) is 5.56 Å². The van der Waals surface area contributed by atoms with Crippen molar-refractivity contribution in [2.24, 2.45) is 0 Å². The molecule has 0 saturated heterocycles. The van der Waals surface area contributed by atoms with E-state index in [1.165, 1.54) is 0 Å². The van der Waals surface area contributed by atoms with Gasteiger partial charge in [-0.2, -0.15) is 0 Å². The molecule has 1 rings (SSSR count). The average Bonchev–Trinajstić information content (AvgIpc) is 2.45. The van der Waals surface area contributed by atoms with Crippen LogP contribution in [-0.4, -0.2) is 39.9 Å². The molecule has 0 saturated carbocycles. The van der Waals surface area contributed by atoms with E-state index in [1.54, 1.807) is 20.3 Å². The van der Waals surface area contributed by atoms with Crippen LogP contribution in [0.3, 0.4) is 0 Å². The highest BCUT2D eigenvalue weighted by atomic mass is 35.5. The number of carbonyl (C=O) groups is 1. The third-order valence-electron chi connectivity index (χ3n) is 3.06. The smallest absolute Gasteiger partial charge is 0.314 e. The van der Waals surface area contributed by atoms with Gasteiger partial charge < -0.3 is 20.1 Å². The minimum Gasteiger partial charge on any atom is -0.383 e. The highest BCUT2D eigenvalue weighted by Crippen LogP contribution is 2.26. The number of ether oxygens (including phenoxy) is 2. The van der Waals surface area contributed by atoms with Gasteiger partial charge in [-0.1, -0.05) is 23.7 Å². The van der Waals surface area contributed by atoms with Crippen molar-refractivity contribution >= 4 is 17.6 Å². The summed E-state index contributed by atoms with van der Waals surface area (Å²) in [4.78, 5) is 11.6. The molecular formula is C14H21ClN2O3. The SMILES string of the molecule is COCCNC(=O)NCC(C)(OC)c1cccc(Cl)c1. The monoisotopic (exact) mass is 300 g/mol. The predicted molar refractivity (Wildman–Crippen MR) is 79.1 cm³/mol. The second kappa shape index (κ2) is 8.09. The first-order valence-electron chi connectivity index (χ1n) is 6.33. The molecule has 2 N–H and O–H groups in total. The number of hydrogen-bond acceptors (Lipinski definition) is 3. The number of benzene rings is 1.